The van der Waals surface area contributed by atoms with Crippen LogP contribution in [-0.2, 0) is 0 Å². The quantitative estimate of drug-likeness (QED) is 0.880. The standard InChI is InChI=1S/C15H12ClFO2/c1-8-6-11(12(16)7-9(8)2)10-4-3-5-13(17)14(10)15(18)19/h3-7H,1-2H3,(H,18,19). The zero-order valence-electron chi connectivity index (χ0n) is 10.5. The predicted molar refractivity (Wildman–Crippen MR) is 73.3 cm³/mol. The highest BCUT2D eigenvalue weighted by molar-refractivity contribution is 6.33. The first kappa shape index (κ1) is 13.6. The summed E-state index contributed by atoms with van der Waals surface area (Å²) in [5, 5.41) is 9.55. The molecule has 0 radical (unpaired) electrons. The molecular formula is C15H12ClFO2. The molecule has 0 aliphatic carbocycles. The second-order valence-corrected chi connectivity index (χ2v) is 4.79. The van der Waals surface area contributed by atoms with E-state index in [1.807, 2.05) is 13.8 Å². The first-order valence-electron chi connectivity index (χ1n) is 5.70. The lowest BCUT2D eigenvalue weighted by molar-refractivity contribution is 0.0693. The van der Waals surface area contributed by atoms with E-state index in [2.05, 4.69) is 0 Å². The fraction of sp³-hybridized carbons (Fsp3) is 0.133. The van der Waals surface area contributed by atoms with Gasteiger partial charge >= 0.3 is 5.97 Å². The minimum atomic E-state index is -1.30. The molecule has 0 unspecified atom stereocenters. The maximum atomic E-state index is 13.7. The molecular weight excluding hydrogens is 267 g/mol. The highest BCUT2D eigenvalue weighted by Gasteiger charge is 2.18. The minimum Gasteiger partial charge on any atom is -0.478 e. The van der Waals surface area contributed by atoms with E-state index in [4.69, 9.17) is 16.7 Å². The number of aromatic carboxylic acids is 1. The predicted octanol–water partition coefficient (Wildman–Crippen LogP) is 4.46. The van der Waals surface area contributed by atoms with E-state index >= 15 is 0 Å². The van der Waals surface area contributed by atoms with Crippen molar-refractivity contribution in [3.8, 4) is 11.1 Å². The van der Waals surface area contributed by atoms with Crippen molar-refractivity contribution in [2.45, 2.75) is 13.8 Å². The van der Waals surface area contributed by atoms with Gasteiger partial charge in [-0.1, -0.05) is 23.7 Å². The number of carbonyl (C=O) groups is 1. The monoisotopic (exact) mass is 278 g/mol. The smallest absolute Gasteiger partial charge is 0.339 e. The Morgan fingerprint density at radius 3 is 2.42 bits per heavy atom. The molecule has 0 saturated heterocycles. The highest BCUT2D eigenvalue weighted by atomic mass is 35.5. The molecule has 0 aliphatic heterocycles. The summed E-state index contributed by atoms with van der Waals surface area (Å²) in [6, 6.07) is 7.69. The second-order valence-electron chi connectivity index (χ2n) is 4.38. The number of halogens is 2. The second kappa shape index (κ2) is 5.02. The number of carboxylic acids is 1. The minimum absolute atomic E-state index is 0.292. The summed E-state index contributed by atoms with van der Waals surface area (Å²) < 4.78 is 13.7. The van der Waals surface area contributed by atoms with Crippen LogP contribution in [0.25, 0.3) is 11.1 Å². The highest BCUT2D eigenvalue weighted by Crippen LogP contribution is 2.33. The largest absolute Gasteiger partial charge is 0.478 e. The van der Waals surface area contributed by atoms with E-state index in [1.165, 1.54) is 6.07 Å². The summed E-state index contributed by atoms with van der Waals surface area (Å²) in [7, 11) is 0. The third-order valence-electron chi connectivity index (χ3n) is 3.10. The van der Waals surface area contributed by atoms with Crippen molar-refractivity contribution >= 4 is 17.6 Å². The van der Waals surface area contributed by atoms with Crippen LogP contribution in [0.15, 0.2) is 30.3 Å². The van der Waals surface area contributed by atoms with Gasteiger partial charge in [0.1, 0.15) is 11.4 Å². The number of carboxylic acid groups (broad SMARTS) is 1. The first-order valence-corrected chi connectivity index (χ1v) is 6.08. The molecule has 2 rings (SSSR count). The van der Waals surface area contributed by atoms with Gasteiger partial charge in [-0.3, -0.25) is 0 Å². The van der Waals surface area contributed by atoms with E-state index in [1.54, 1.807) is 18.2 Å². The van der Waals surface area contributed by atoms with E-state index < -0.39 is 11.8 Å². The summed E-state index contributed by atoms with van der Waals surface area (Å²) in [5.74, 6) is -2.07. The molecule has 0 saturated carbocycles. The summed E-state index contributed by atoms with van der Waals surface area (Å²) in [4.78, 5) is 11.2. The van der Waals surface area contributed by atoms with Gasteiger partial charge in [-0.2, -0.15) is 0 Å². The van der Waals surface area contributed by atoms with Gasteiger partial charge < -0.3 is 5.11 Å². The van der Waals surface area contributed by atoms with Crippen molar-refractivity contribution in [2.24, 2.45) is 0 Å². The Hall–Kier alpha value is -1.87. The molecule has 19 heavy (non-hydrogen) atoms. The van der Waals surface area contributed by atoms with E-state index in [-0.39, 0.29) is 5.56 Å². The lowest BCUT2D eigenvalue weighted by atomic mass is 9.96. The summed E-state index contributed by atoms with van der Waals surface area (Å²) in [6.45, 7) is 3.81. The lowest BCUT2D eigenvalue weighted by Gasteiger charge is -2.11. The molecule has 0 fully saturated rings. The molecule has 0 atom stereocenters. The molecule has 4 heteroatoms. The third kappa shape index (κ3) is 2.47. The third-order valence-corrected chi connectivity index (χ3v) is 3.41. The van der Waals surface area contributed by atoms with Crippen LogP contribution in [0.5, 0.6) is 0 Å². The van der Waals surface area contributed by atoms with Gasteiger partial charge in [-0.25, -0.2) is 9.18 Å². The van der Waals surface area contributed by atoms with Crippen molar-refractivity contribution in [1.82, 2.24) is 0 Å². The van der Waals surface area contributed by atoms with Crippen LogP contribution in [-0.4, -0.2) is 11.1 Å². The molecule has 0 bridgehead atoms. The summed E-state index contributed by atoms with van der Waals surface area (Å²) in [6.07, 6.45) is 0. The molecule has 0 aliphatic rings. The number of benzene rings is 2. The molecule has 2 nitrogen and oxygen atoms in total. The van der Waals surface area contributed by atoms with Crippen LogP contribution in [0.4, 0.5) is 4.39 Å². The Morgan fingerprint density at radius 1 is 1.16 bits per heavy atom. The van der Waals surface area contributed by atoms with Gasteiger partial charge in [0.25, 0.3) is 0 Å². The normalized spacial score (nSPS) is 10.5. The van der Waals surface area contributed by atoms with Crippen molar-refractivity contribution in [3.05, 3.63) is 57.9 Å². The first-order chi connectivity index (χ1) is 8.91. The Labute approximate surface area is 115 Å². The molecule has 0 heterocycles. The van der Waals surface area contributed by atoms with E-state index in [9.17, 15) is 9.18 Å². The Bertz CT molecular complexity index is 665. The van der Waals surface area contributed by atoms with Crippen LogP contribution < -0.4 is 0 Å². The maximum absolute atomic E-state index is 13.7. The van der Waals surface area contributed by atoms with Gasteiger partial charge in [0.05, 0.1) is 0 Å². The Balaban J connectivity index is 2.76. The van der Waals surface area contributed by atoms with Crippen molar-refractivity contribution in [1.29, 1.82) is 0 Å². The molecule has 2 aromatic rings. The van der Waals surface area contributed by atoms with Crippen LogP contribution in [0.1, 0.15) is 21.5 Å². The van der Waals surface area contributed by atoms with Gasteiger partial charge in [-0.15, -0.1) is 0 Å². The van der Waals surface area contributed by atoms with Crippen molar-refractivity contribution in [2.75, 3.05) is 0 Å². The van der Waals surface area contributed by atoms with Crippen LogP contribution >= 0.6 is 11.6 Å². The van der Waals surface area contributed by atoms with Crippen molar-refractivity contribution < 1.29 is 14.3 Å². The van der Waals surface area contributed by atoms with Gasteiger partial charge in [0, 0.05) is 16.1 Å². The average molecular weight is 279 g/mol. The topological polar surface area (TPSA) is 37.3 Å². The average Bonchev–Trinajstić information content (AvgIpc) is 2.33. The molecule has 0 amide bonds. The molecule has 2 aromatic carbocycles. The number of aryl methyl sites for hydroxylation is 2. The van der Waals surface area contributed by atoms with Gasteiger partial charge in [0.2, 0.25) is 0 Å². The van der Waals surface area contributed by atoms with Crippen molar-refractivity contribution in [3.63, 3.8) is 0 Å². The fourth-order valence-electron chi connectivity index (χ4n) is 1.95. The Morgan fingerprint density at radius 2 is 1.79 bits per heavy atom. The zero-order chi connectivity index (χ0) is 14.2. The number of hydrogen-bond acceptors (Lipinski definition) is 1. The van der Waals surface area contributed by atoms with Crippen LogP contribution in [0.2, 0.25) is 5.02 Å². The zero-order valence-corrected chi connectivity index (χ0v) is 11.3. The fourth-order valence-corrected chi connectivity index (χ4v) is 2.27. The number of rotatable bonds is 2. The van der Waals surface area contributed by atoms with Crippen LogP contribution in [0, 0.1) is 19.7 Å². The summed E-state index contributed by atoms with van der Waals surface area (Å²) in [5.41, 5.74) is 2.44. The van der Waals surface area contributed by atoms with Gasteiger partial charge in [-0.05, 0) is 43.2 Å². The number of hydrogen-bond donors (Lipinski definition) is 1. The lowest BCUT2D eigenvalue weighted by Crippen LogP contribution is -2.03. The molecule has 0 aromatic heterocycles. The van der Waals surface area contributed by atoms with Crippen LogP contribution in [0.3, 0.4) is 0 Å². The maximum Gasteiger partial charge on any atom is 0.339 e. The van der Waals surface area contributed by atoms with E-state index in [0.29, 0.717) is 16.1 Å². The van der Waals surface area contributed by atoms with Gasteiger partial charge in [0.15, 0.2) is 0 Å². The van der Waals surface area contributed by atoms with E-state index in [0.717, 1.165) is 17.2 Å². The molecule has 1 N–H and O–H groups in total. The molecule has 98 valence electrons. The molecule has 0 spiro atoms. The Kier molecular flexibility index (Phi) is 3.58. The SMILES string of the molecule is Cc1cc(Cl)c(-c2cccc(F)c2C(=O)O)cc1C. The summed E-state index contributed by atoms with van der Waals surface area (Å²) >= 11 is 6.15.